The van der Waals surface area contributed by atoms with Crippen molar-refractivity contribution >= 4 is 29.8 Å². The molecule has 0 saturated carbocycles. The van der Waals surface area contributed by atoms with Crippen LogP contribution >= 0.6 is 0 Å². The van der Waals surface area contributed by atoms with Crippen LogP contribution in [-0.4, -0.2) is 70.9 Å². The molecular weight excluding hydrogens is 512 g/mol. The smallest absolute Gasteiger partial charge is 0.339 e. The number of imidazole rings is 1. The van der Waals surface area contributed by atoms with Crippen LogP contribution in [0.3, 0.4) is 0 Å². The van der Waals surface area contributed by atoms with Crippen molar-refractivity contribution in [2.45, 2.75) is 34.2 Å². The molecule has 12 heteroatoms. The van der Waals surface area contributed by atoms with Gasteiger partial charge in [0.05, 0.1) is 23.9 Å². The van der Waals surface area contributed by atoms with Gasteiger partial charge in [-0.3, -0.25) is 4.79 Å². The van der Waals surface area contributed by atoms with Crippen molar-refractivity contribution in [2.75, 3.05) is 26.4 Å². The summed E-state index contributed by atoms with van der Waals surface area (Å²) in [4.78, 5) is 59.9. The average Bonchev–Trinajstić information content (AvgIpc) is 3.41. The Hall–Kier alpha value is -4.74. The van der Waals surface area contributed by atoms with Gasteiger partial charge in [-0.1, -0.05) is 32.7 Å². The Balaban J connectivity index is 0.000000726. The van der Waals surface area contributed by atoms with Crippen LogP contribution in [0.5, 0.6) is 0 Å². The number of hydrogen-bond acceptors (Lipinski definition) is 10. The van der Waals surface area contributed by atoms with Crippen LogP contribution in [0.25, 0.3) is 0 Å². The molecule has 39 heavy (non-hydrogen) atoms. The maximum Gasteiger partial charge on any atom is 0.339 e. The molecule has 0 radical (unpaired) electrons. The third kappa shape index (κ3) is 14.0. The van der Waals surface area contributed by atoms with Crippen LogP contribution in [0.1, 0.15) is 48.4 Å². The zero-order valence-corrected chi connectivity index (χ0v) is 21.2. The van der Waals surface area contributed by atoms with Gasteiger partial charge in [-0.25, -0.2) is 24.2 Å². The fourth-order valence-electron chi connectivity index (χ4n) is 2.44. The quantitative estimate of drug-likeness (QED) is 0.170. The number of hydrogen-bond donors (Lipinski definition) is 1. The lowest BCUT2D eigenvalue weighted by Gasteiger charge is -2.07. The lowest BCUT2D eigenvalue weighted by molar-refractivity contribution is -0.150. The van der Waals surface area contributed by atoms with E-state index in [4.69, 9.17) is 24.1 Å². The Morgan fingerprint density at radius 3 is 1.85 bits per heavy atom. The second-order valence-corrected chi connectivity index (χ2v) is 7.59. The Morgan fingerprint density at radius 1 is 0.846 bits per heavy atom. The van der Waals surface area contributed by atoms with E-state index in [-0.39, 0.29) is 62.9 Å². The molecule has 0 aliphatic heterocycles. The van der Waals surface area contributed by atoms with Crippen LogP contribution < -0.4 is 0 Å². The van der Waals surface area contributed by atoms with Crippen molar-refractivity contribution in [1.82, 2.24) is 9.55 Å². The normalized spacial score (nSPS) is 9.49. The highest BCUT2D eigenvalue weighted by molar-refractivity contribution is 6.02. The third-order valence-corrected chi connectivity index (χ3v) is 4.34. The minimum atomic E-state index is -1.22. The highest BCUT2D eigenvalue weighted by Gasteiger charge is 2.17. The standard InChI is InChI=1S/C14H14O6.C12H16N2O4.CH4/c1-9(2)13(17)19-7-8-20-14(18)11-6-4-3-5-10(11)12(15)16;1-10(2)12(16)18-8-7-17-11(15)3-5-14-6-4-13-9-14;/h3-6H,1,7-8H2,2H3,(H,15,16);4,6,9H,1,3,5,7-8H2,2H3;1H4. The molecule has 0 saturated heterocycles. The Bertz CT molecular complexity index is 1140. The molecule has 1 aromatic heterocycles. The van der Waals surface area contributed by atoms with Crippen LogP contribution in [0.2, 0.25) is 0 Å². The number of nitrogens with zero attached hydrogens (tertiary/aromatic N) is 2. The van der Waals surface area contributed by atoms with E-state index in [9.17, 15) is 24.0 Å². The molecule has 1 heterocycles. The molecule has 0 spiro atoms. The van der Waals surface area contributed by atoms with Gasteiger partial charge in [0.25, 0.3) is 0 Å². The highest BCUT2D eigenvalue weighted by atomic mass is 16.6. The first kappa shape index (κ1) is 34.3. The molecule has 0 aliphatic carbocycles. The topological polar surface area (TPSA) is 160 Å². The van der Waals surface area contributed by atoms with E-state index in [0.29, 0.717) is 12.1 Å². The number of benzene rings is 1. The average molecular weight is 547 g/mol. The number of aryl methyl sites for hydroxylation is 1. The molecule has 2 aromatic rings. The predicted molar refractivity (Wildman–Crippen MR) is 140 cm³/mol. The molecule has 0 amide bonds. The Labute approximate surface area is 226 Å². The number of esters is 4. The van der Waals surface area contributed by atoms with Gasteiger partial charge in [0, 0.05) is 30.1 Å². The number of carboxylic acids is 1. The number of ether oxygens (including phenoxy) is 4. The zero-order chi connectivity index (χ0) is 28.5. The first-order chi connectivity index (χ1) is 18.0. The Kier molecular flexibility index (Phi) is 16.2. The van der Waals surface area contributed by atoms with E-state index >= 15 is 0 Å². The van der Waals surface area contributed by atoms with Crippen LogP contribution in [0.15, 0.2) is 67.3 Å². The van der Waals surface area contributed by atoms with Gasteiger partial charge in [-0.15, -0.1) is 0 Å². The molecule has 1 N–H and O–H groups in total. The van der Waals surface area contributed by atoms with E-state index in [0.717, 1.165) is 0 Å². The minimum absolute atomic E-state index is 0. The van der Waals surface area contributed by atoms with Gasteiger partial charge < -0.3 is 28.6 Å². The summed E-state index contributed by atoms with van der Waals surface area (Å²) in [7, 11) is 0. The molecule has 0 fully saturated rings. The number of aromatic nitrogens is 2. The molecule has 0 aliphatic rings. The summed E-state index contributed by atoms with van der Waals surface area (Å²) in [5.41, 5.74) is 0.372. The van der Waals surface area contributed by atoms with Crippen molar-refractivity contribution in [3.8, 4) is 0 Å². The fraction of sp³-hybridized carbons (Fsp3) is 0.333. The maximum absolute atomic E-state index is 11.7. The molecule has 212 valence electrons. The molecule has 0 unspecified atom stereocenters. The fourth-order valence-corrected chi connectivity index (χ4v) is 2.44. The third-order valence-electron chi connectivity index (χ3n) is 4.34. The van der Waals surface area contributed by atoms with E-state index in [2.05, 4.69) is 18.1 Å². The summed E-state index contributed by atoms with van der Waals surface area (Å²) in [6.45, 7) is 10.2. The Morgan fingerprint density at radius 2 is 1.36 bits per heavy atom. The second kappa shape index (κ2) is 18.5. The number of carboxylic acid groups (broad SMARTS) is 1. The van der Waals surface area contributed by atoms with E-state index in [1.165, 1.54) is 31.2 Å². The van der Waals surface area contributed by atoms with Gasteiger partial charge in [-0.05, 0) is 26.0 Å². The van der Waals surface area contributed by atoms with Crippen molar-refractivity contribution in [3.63, 3.8) is 0 Å². The van der Waals surface area contributed by atoms with Crippen LogP contribution in [0.4, 0.5) is 0 Å². The lowest BCUT2D eigenvalue weighted by atomic mass is 10.1. The van der Waals surface area contributed by atoms with Gasteiger partial charge in [-0.2, -0.15) is 0 Å². The first-order valence-corrected chi connectivity index (χ1v) is 11.3. The van der Waals surface area contributed by atoms with Gasteiger partial charge >= 0.3 is 29.8 Å². The summed E-state index contributed by atoms with van der Waals surface area (Å²) in [6.07, 6.45) is 5.29. The monoisotopic (exact) mass is 546 g/mol. The summed E-state index contributed by atoms with van der Waals surface area (Å²) in [5, 5.41) is 8.93. The van der Waals surface area contributed by atoms with Crippen LogP contribution in [0, 0.1) is 0 Å². The van der Waals surface area contributed by atoms with Crippen molar-refractivity contribution in [3.05, 3.63) is 78.4 Å². The van der Waals surface area contributed by atoms with E-state index in [1.54, 1.807) is 30.2 Å². The summed E-state index contributed by atoms with van der Waals surface area (Å²) < 4.78 is 21.0. The molecule has 1 aromatic carbocycles. The number of carbonyl (C=O) groups excluding carboxylic acids is 4. The maximum atomic E-state index is 11.7. The summed E-state index contributed by atoms with van der Waals surface area (Å²) in [5.74, 6) is -3.40. The minimum Gasteiger partial charge on any atom is -0.478 e. The predicted octanol–water partition coefficient (Wildman–Crippen LogP) is 3.23. The number of aromatic carboxylic acids is 1. The SMILES string of the molecule is C.C=C(C)C(=O)OCCOC(=O)CCn1ccnc1.C=C(C)C(=O)OCCOC(=O)c1ccccc1C(=O)O. The summed E-state index contributed by atoms with van der Waals surface area (Å²) >= 11 is 0. The zero-order valence-electron chi connectivity index (χ0n) is 21.2. The van der Waals surface area contributed by atoms with E-state index < -0.39 is 23.9 Å². The van der Waals surface area contributed by atoms with Crippen molar-refractivity contribution in [2.24, 2.45) is 0 Å². The largest absolute Gasteiger partial charge is 0.478 e. The molecule has 0 atom stereocenters. The van der Waals surface area contributed by atoms with Crippen molar-refractivity contribution < 1.29 is 48.0 Å². The lowest BCUT2D eigenvalue weighted by Crippen LogP contribution is -2.16. The van der Waals surface area contributed by atoms with Crippen molar-refractivity contribution in [1.29, 1.82) is 0 Å². The molecule has 12 nitrogen and oxygen atoms in total. The second-order valence-electron chi connectivity index (χ2n) is 7.59. The first-order valence-electron chi connectivity index (χ1n) is 11.3. The summed E-state index contributed by atoms with van der Waals surface area (Å²) in [6, 6.07) is 5.70. The highest BCUT2D eigenvalue weighted by Crippen LogP contribution is 2.10. The van der Waals surface area contributed by atoms with Gasteiger partial charge in [0.15, 0.2) is 0 Å². The van der Waals surface area contributed by atoms with E-state index in [1.807, 2.05) is 0 Å². The number of carbonyl (C=O) groups is 5. The van der Waals surface area contributed by atoms with Gasteiger partial charge in [0.2, 0.25) is 0 Å². The molecule has 2 rings (SSSR count). The van der Waals surface area contributed by atoms with Crippen LogP contribution in [-0.2, 0) is 39.9 Å². The van der Waals surface area contributed by atoms with Gasteiger partial charge in [0.1, 0.15) is 26.4 Å². The number of rotatable bonds is 13. The molecular formula is C27H34N2O10. The molecule has 0 bridgehead atoms.